The fraction of sp³-hybridized carbons (Fsp3) is 0.231. The highest BCUT2D eigenvalue weighted by molar-refractivity contribution is 5.92. The summed E-state index contributed by atoms with van der Waals surface area (Å²) in [6.45, 7) is 1.95. The van der Waals surface area contributed by atoms with Crippen molar-refractivity contribution in [2.45, 2.75) is 32.4 Å². The second-order valence-corrected chi connectivity index (χ2v) is 9.44. The van der Waals surface area contributed by atoms with Crippen LogP contribution in [-0.2, 0) is 0 Å². The maximum atomic E-state index is 10.4. The van der Waals surface area contributed by atoms with Gasteiger partial charge < -0.3 is 20.0 Å². The SMILES string of the molecule is Cc1cn(-c2ccnc3[nH]c(-c4n[nH]c5ccc(-c6cncc(NC(O)C7CCC7)c6)nc45)nc23)cn1. The van der Waals surface area contributed by atoms with E-state index in [2.05, 4.69) is 35.5 Å². The molecule has 4 N–H and O–H groups in total. The van der Waals surface area contributed by atoms with Crippen LogP contribution in [0.2, 0.25) is 0 Å². The number of nitrogens with zero attached hydrogens (tertiary/aromatic N) is 7. The van der Waals surface area contributed by atoms with E-state index in [-0.39, 0.29) is 0 Å². The number of H-pyrrole nitrogens is 2. The van der Waals surface area contributed by atoms with E-state index >= 15 is 0 Å². The molecule has 11 nitrogen and oxygen atoms in total. The summed E-state index contributed by atoms with van der Waals surface area (Å²) >= 11 is 0. The number of aliphatic hydroxyl groups is 1. The highest BCUT2D eigenvalue weighted by atomic mass is 16.3. The summed E-state index contributed by atoms with van der Waals surface area (Å²) in [6, 6.07) is 7.72. The summed E-state index contributed by atoms with van der Waals surface area (Å²) in [5, 5.41) is 21.2. The summed E-state index contributed by atoms with van der Waals surface area (Å²) < 4.78 is 1.93. The van der Waals surface area contributed by atoms with E-state index in [1.165, 1.54) is 6.42 Å². The van der Waals surface area contributed by atoms with Crippen molar-refractivity contribution in [3.05, 3.63) is 61.1 Å². The van der Waals surface area contributed by atoms with Gasteiger partial charge in [0.25, 0.3) is 0 Å². The van der Waals surface area contributed by atoms with Crippen molar-refractivity contribution in [3.8, 4) is 28.5 Å². The molecule has 1 fully saturated rings. The topological polar surface area (TPSA) is 146 Å². The van der Waals surface area contributed by atoms with Crippen molar-refractivity contribution in [2.24, 2.45) is 5.92 Å². The van der Waals surface area contributed by atoms with Crippen molar-refractivity contribution in [1.82, 2.24) is 44.7 Å². The van der Waals surface area contributed by atoms with Gasteiger partial charge in [-0.25, -0.2) is 19.9 Å². The van der Waals surface area contributed by atoms with Crippen molar-refractivity contribution in [3.63, 3.8) is 0 Å². The number of hydrogen-bond donors (Lipinski definition) is 4. The van der Waals surface area contributed by atoms with Gasteiger partial charge in [-0.05, 0) is 44.0 Å². The minimum absolute atomic E-state index is 0.295. The molecule has 6 aromatic rings. The lowest BCUT2D eigenvalue weighted by Gasteiger charge is -2.31. The van der Waals surface area contributed by atoms with E-state index in [0.717, 1.165) is 52.2 Å². The Kier molecular flexibility index (Phi) is 4.96. The average Bonchev–Trinajstić information content (AvgIpc) is 3.60. The van der Waals surface area contributed by atoms with Gasteiger partial charge in [0.15, 0.2) is 17.2 Å². The van der Waals surface area contributed by atoms with Gasteiger partial charge in [-0.15, -0.1) is 0 Å². The smallest absolute Gasteiger partial charge is 0.162 e. The first-order chi connectivity index (χ1) is 18.1. The Bertz CT molecular complexity index is 1750. The predicted octanol–water partition coefficient (Wildman–Crippen LogP) is 3.98. The number of aromatic nitrogens is 9. The van der Waals surface area contributed by atoms with Gasteiger partial charge in [0.1, 0.15) is 17.3 Å². The zero-order valence-electron chi connectivity index (χ0n) is 20.0. The number of hydrogen-bond acceptors (Lipinski definition) is 8. The van der Waals surface area contributed by atoms with Gasteiger partial charge in [-0.1, -0.05) is 6.42 Å². The maximum absolute atomic E-state index is 10.4. The minimum atomic E-state index is -0.570. The molecule has 6 heterocycles. The predicted molar refractivity (Wildman–Crippen MR) is 139 cm³/mol. The highest BCUT2D eigenvalue weighted by Crippen LogP contribution is 2.32. The van der Waals surface area contributed by atoms with E-state index in [1.807, 2.05) is 42.0 Å². The summed E-state index contributed by atoms with van der Waals surface area (Å²) in [5.41, 5.74) is 7.58. The molecule has 1 aliphatic carbocycles. The molecule has 1 aliphatic rings. The molecule has 37 heavy (non-hydrogen) atoms. The van der Waals surface area contributed by atoms with Gasteiger partial charge in [0.2, 0.25) is 0 Å². The first kappa shape index (κ1) is 21.6. The second-order valence-electron chi connectivity index (χ2n) is 9.44. The Hall–Kier alpha value is -4.64. The molecule has 7 rings (SSSR count). The average molecular weight is 493 g/mol. The van der Waals surface area contributed by atoms with Crippen LogP contribution in [-0.4, -0.2) is 56.0 Å². The van der Waals surface area contributed by atoms with Crippen LogP contribution in [0.15, 0.2) is 55.4 Å². The molecule has 0 amide bonds. The lowest BCUT2D eigenvalue weighted by atomic mass is 9.84. The highest BCUT2D eigenvalue weighted by Gasteiger charge is 2.25. The molecule has 1 saturated carbocycles. The van der Waals surface area contributed by atoms with Crippen LogP contribution < -0.4 is 5.32 Å². The third-order valence-electron chi connectivity index (χ3n) is 6.93. The van der Waals surface area contributed by atoms with Crippen LogP contribution in [0, 0.1) is 12.8 Å². The largest absolute Gasteiger partial charge is 0.374 e. The van der Waals surface area contributed by atoms with Crippen LogP contribution in [0.5, 0.6) is 0 Å². The van der Waals surface area contributed by atoms with Gasteiger partial charge in [0, 0.05) is 30.1 Å². The number of pyridine rings is 3. The van der Waals surface area contributed by atoms with E-state index in [1.54, 1.807) is 24.9 Å². The summed E-state index contributed by atoms with van der Waals surface area (Å²) in [6.07, 6.45) is 11.6. The van der Waals surface area contributed by atoms with Crippen molar-refractivity contribution in [2.75, 3.05) is 5.32 Å². The number of imidazole rings is 2. The molecule has 0 spiro atoms. The fourth-order valence-electron chi connectivity index (χ4n) is 4.70. The van der Waals surface area contributed by atoms with E-state index in [0.29, 0.717) is 28.6 Å². The molecule has 1 atom stereocenters. The fourth-order valence-corrected chi connectivity index (χ4v) is 4.70. The zero-order valence-corrected chi connectivity index (χ0v) is 20.0. The van der Waals surface area contributed by atoms with Crippen LogP contribution in [0.4, 0.5) is 5.69 Å². The van der Waals surface area contributed by atoms with Crippen LogP contribution in [0.3, 0.4) is 0 Å². The zero-order chi connectivity index (χ0) is 24.9. The van der Waals surface area contributed by atoms with E-state index < -0.39 is 6.23 Å². The Labute approximate surface area is 211 Å². The number of nitrogens with one attached hydrogen (secondary N) is 3. The Morgan fingerprint density at radius 2 is 2.03 bits per heavy atom. The normalized spacial score (nSPS) is 14.8. The monoisotopic (exact) mass is 492 g/mol. The molecular formula is C26H24N10O. The minimum Gasteiger partial charge on any atom is -0.374 e. The Morgan fingerprint density at radius 1 is 1.11 bits per heavy atom. The molecule has 184 valence electrons. The number of fused-ring (bicyclic) bond motifs is 2. The number of aliphatic hydroxyl groups excluding tert-OH is 1. The molecule has 11 heteroatoms. The molecule has 6 aromatic heterocycles. The van der Waals surface area contributed by atoms with Gasteiger partial charge in [-0.3, -0.25) is 10.1 Å². The van der Waals surface area contributed by atoms with Crippen molar-refractivity contribution in [1.29, 1.82) is 0 Å². The molecule has 0 bridgehead atoms. The molecule has 0 aromatic carbocycles. The molecule has 0 saturated heterocycles. The Balaban J connectivity index is 1.26. The third-order valence-corrected chi connectivity index (χ3v) is 6.93. The van der Waals surface area contributed by atoms with E-state index in [4.69, 9.17) is 9.97 Å². The van der Waals surface area contributed by atoms with Crippen LogP contribution in [0.1, 0.15) is 25.0 Å². The molecule has 1 unspecified atom stereocenters. The number of aryl methyl sites for hydroxylation is 1. The molecule has 0 aliphatic heterocycles. The molecular weight excluding hydrogens is 468 g/mol. The number of anilines is 1. The first-order valence-electron chi connectivity index (χ1n) is 12.2. The van der Waals surface area contributed by atoms with Crippen LogP contribution in [0.25, 0.3) is 50.7 Å². The maximum Gasteiger partial charge on any atom is 0.162 e. The van der Waals surface area contributed by atoms with E-state index in [9.17, 15) is 5.11 Å². The van der Waals surface area contributed by atoms with Crippen molar-refractivity contribution >= 4 is 27.9 Å². The second kappa shape index (κ2) is 8.49. The summed E-state index contributed by atoms with van der Waals surface area (Å²) in [7, 11) is 0. The van der Waals surface area contributed by atoms with Gasteiger partial charge in [0.05, 0.1) is 40.8 Å². The number of rotatable bonds is 6. The third kappa shape index (κ3) is 3.80. The molecule has 0 radical (unpaired) electrons. The van der Waals surface area contributed by atoms with Crippen molar-refractivity contribution < 1.29 is 5.11 Å². The number of aromatic amines is 2. The van der Waals surface area contributed by atoms with Crippen LogP contribution >= 0.6 is 0 Å². The van der Waals surface area contributed by atoms with Gasteiger partial charge >= 0.3 is 0 Å². The quantitative estimate of drug-likeness (QED) is 0.255. The lowest BCUT2D eigenvalue weighted by molar-refractivity contribution is 0.0851. The Morgan fingerprint density at radius 3 is 2.84 bits per heavy atom. The standard InChI is InChI=1S/C26H24N10O/c1-14-12-36(13-29-14)20-7-8-28-24-22(20)32-25(33-24)23-21-19(34-35-23)6-5-18(31-21)16-9-17(11-27-10-16)30-26(37)15-3-2-4-15/h5-13,15,26,30,37H,2-4H2,1H3,(H,34,35)(H,28,32,33). The summed E-state index contributed by atoms with van der Waals surface area (Å²) in [5.74, 6) is 0.864. The first-order valence-corrected chi connectivity index (χ1v) is 12.2. The summed E-state index contributed by atoms with van der Waals surface area (Å²) in [4.78, 5) is 26.2. The lowest BCUT2D eigenvalue weighted by Crippen LogP contribution is -2.33. The van der Waals surface area contributed by atoms with Gasteiger partial charge in [-0.2, -0.15) is 5.10 Å².